The topological polar surface area (TPSA) is 95.8 Å². The highest BCUT2D eigenvalue weighted by Gasteiger charge is 2.34. The van der Waals surface area contributed by atoms with Gasteiger partial charge in [0.1, 0.15) is 0 Å². The highest BCUT2D eigenvalue weighted by Crippen LogP contribution is 2.05. The van der Waals surface area contributed by atoms with E-state index in [2.05, 4.69) is 25.8 Å². The number of pyridine rings is 1. The summed E-state index contributed by atoms with van der Waals surface area (Å²) in [4.78, 5) is 26.7. The van der Waals surface area contributed by atoms with Crippen molar-refractivity contribution in [1.29, 1.82) is 0 Å². The van der Waals surface area contributed by atoms with Gasteiger partial charge < -0.3 is 10.6 Å². The molecule has 2 rings (SSSR count). The minimum Gasteiger partial charge on any atom is -0.331 e. The largest absolute Gasteiger partial charge is 0.577 e. The van der Waals surface area contributed by atoms with Gasteiger partial charge in [0.15, 0.2) is 0 Å². The highest BCUT2D eigenvalue weighted by atomic mass is 19.3. The van der Waals surface area contributed by atoms with Crippen molar-refractivity contribution in [2.24, 2.45) is 10.2 Å². The second-order valence-corrected chi connectivity index (χ2v) is 4.69. The summed E-state index contributed by atoms with van der Waals surface area (Å²) >= 11 is 0. The molecule has 1 aromatic heterocycles. The van der Waals surface area contributed by atoms with Crippen LogP contribution in [0.25, 0.3) is 0 Å². The zero-order valence-electron chi connectivity index (χ0n) is 13.7. The van der Waals surface area contributed by atoms with Gasteiger partial charge in [0.05, 0.1) is 0 Å². The average Bonchev–Trinajstić information content (AvgIpc) is 2.67. The molecular weight excluding hydrogens is 368 g/mol. The molecule has 0 saturated carbocycles. The van der Waals surface area contributed by atoms with E-state index in [1.165, 1.54) is 0 Å². The predicted octanol–water partition coefficient (Wildman–Crippen LogP) is 3.89. The lowest BCUT2D eigenvalue weighted by Crippen LogP contribution is -2.19. The molecule has 0 saturated heterocycles. The summed E-state index contributed by atoms with van der Waals surface area (Å²) < 4.78 is 41.6. The summed E-state index contributed by atoms with van der Waals surface area (Å²) in [6.07, 6.45) is 3.26. The second kappa shape index (κ2) is 12.2. The molecule has 4 amide bonds. The lowest BCUT2D eigenvalue weighted by Gasteiger charge is -2.01. The normalized spacial score (nSPS) is 9.78. The van der Waals surface area contributed by atoms with Crippen molar-refractivity contribution < 1.29 is 26.9 Å². The highest BCUT2D eigenvalue weighted by molar-refractivity contribution is 7.09. The molecule has 0 bridgehead atoms. The maximum Gasteiger partial charge on any atom is 0.577 e. The van der Waals surface area contributed by atoms with Crippen LogP contribution in [0.4, 0.5) is 32.5 Å². The van der Waals surface area contributed by atoms with E-state index in [9.17, 15) is 26.9 Å². The van der Waals surface area contributed by atoms with Gasteiger partial charge in [0.25, 0.3) is 0 Å². The Labute approximate surface area is 152 Å². The summed E-state index contributed by atoms with van der Waals surface area (Å²) in [6.45, 7) is 0.270. The van der Waals surface area contributed by atoms with Crippen LogP contribution in [0.5, 0.6) is 0 Å². The Morgan fingerprint density at radius 2 is 1.56 bits per heavy atom. The molecule has 0 aliphatic rings. The maximum atomic E-state index is 11.4. The molecule has 13 heteroatoms. The molecule has 140 valence electrons. The number of benzene rings is 1. The average molecular weight is 381 g/mol. The Morgan fingerprint density at radius 1 is 0.926 bits per heavy atom. The number of nitrogens with zero attached hydrogens (tertiary/aromatic N) is 3. The molecule has 1 heterocycles. The third-order valence-corrected chi connectivity index (χ3v) is 2.61. The lowest BCUT2D eigenvalue weighted by molar-refractivity contribution is 0.244. The van der Waals surface area contributed by atoms with E-state index < -0.39 is 26.4 Å². The van der Waals surface area contributed by atoms with Crippen molar-refractivity contribution in [2.75, 3.05) is 5.32 Å². The van der Waals surface area contributed by atoms with Gasteiger partial charge in [-0.05, 0) is 23.8 Å². The summed E-state index contributed by atoms with van der Waals surface area (Å²) in [5.41, 5.74) is 1.41. The van der Waals surface area contributed by atoms with Crippen LogP contribution in [0, 0.1) is 0 Å². The van der Waals surface area contributed by atoms with E-state index in [4.69, 9.17) is 0 Å². The van der Waals surface area contributed by atoms with E-state index in [0.29, 0.717) is 5.69 Å². The van der Waals surface area contributed by atoms with Crippen LogP contribution in [0.15, 0.2) is 65.1 Å². The fraction of sp³-hybridized carbons (Fsp3) is 0.0714. The molecule has 1 aromatic carbocycles. The molecular formula is C14H13B2F4N5O2. The van der Waals surface area contributed by atoms with Crippen LogP contribution in [0.1, 0.15) is 5.56 Å². The van der Waals surface area contributed by atoms with Crippen LogP contribution in [-0.2, 0) is 6.54 Å². The zero-order valence-corrected chi connectivity index (χ0v) is 13.7. The number of carbonyl (C=O) groups is 2. The number of rotatable bonds is 4. The molecule has 2 aromatic rings. The van der Waals surface area contributed by atoms with Gasteiger partial charge >= 0.3 is 26.4 Å². The van der Waals surface area contributed by atoms with Gasteiger partial charge in [0, 0.05) is 24.6 Å². The molecule has 0 aliphatic heterocycles. The van der Waals surface area contributed by atoms with E-state index in [1.807, 2.05) is 12.1 Å². The third kappa shape index (κ3) is 10.4. The Morgan fingerprint density at radius 3 is 2.11 bits per heavy atom. The first-order valence-electron chi connectivity index (χ1n) is 7.39. The van der Waals surface area contributed by atoms with Crippen molar-refractivity contribution in [1.82, 2.24) is 10.3 Å². The molecule has 0 fully saturated rings. The number of carbonyl (C=O) groups excluding carboxylic acids is 2. The van der Waals surface area contributed by atoms with Crippen molar-refractivity contribution in [3.8, 4) is 0 Å². The summed E-state index contributed by atoms with van der Waals surface area (Å²) in [7, 11) is -6.96. The number of hydrogen-bond acceptors (Lipinski definition) is 3. The fourth-order valence-corrected chi connectivity index (χ4v) is 1.48. The van der Waals surface area contributed by atoms with Gasteiger partial charge in [0.2, 0.25) is 0 Å². The second-order valence-electron chi connectivity index (χ2n) is 4.69. The standard InChI is InChI=1S/C14H13N5O2.B2F4/c20-13(16-10-11-5-4-8-15-9-11)18-19-14(21)17-12-6-2-1-3-7-12;3-1(4)2(5)6/h1-9H,10H2,(H,16,20)(H,17,21);/b19-18+;. The number of halogens is 4. The van der Waals surface area contributed by atoms with Gasteiger partial charge in [-0.3, -0.25) is 22.2 Å². The first-order valence-corrected chi connectivity index (χ1v) is 7.39. The Hall–Kier alpha value is -3.24. The van der Waals surface area contributed by atoms with E-state index in [-0.39, 0.29) is 6.54 Å². The van der Waals surface area contributed by atoms with Crippen LogP contribution < -0.4 is 10.6 Å². The van der Waals surface area contributed by atoms with Crippen LogP contribution in [0.2, 0.25) is 0 Å². The van der Waals surface area contributed by atoms with Crippen molar-refractivity contribution in [2.45, 2.75) is 6.54 Å². The number of urea groups is 2. The Bertz CT molecular complexity index is 733. The molecule has 0 aliphatic carbocycles. The number of anilines is 1. The number of hydrogen-bond donors (Lipinski definition) is 2. The number of aromatic nitrogens is 1. The van der Waals surface area contributed by atoms with E-state index in [0.717, 1.165) is 5.56 Å². The SMILES string of the molecule is FB(F)B(F)F.O=C(/N=N/C(=O)Nc1ccccc1)NCc1cccnc1. The molecule has 0 radical (unpaired) electrons. The number of amides is 4. The lowest BCUT2D eigenvalue weighted by atomic mass is 9.60. The molecule has 0 spiro atoms. The zero-order chi connectivity index (χ0) is 20.1. The summed E-state index contributed by atoms with van der Waals surface area (Å²) in [5.74, 6) is 0. The van der Waals surface area contributed by atoms with E-state index >= 15 is 0 Å². The van der Waals surface area contributed by atoms with E-state index in [1.54, 1.807) is 42.7 Å². The minimum absolute atomic E-state index is 0.270. The maximum absolute atomic E-state index is 11.4. The molecule has 27 heavy (non-hydrogen) atoms. The number of nitrogens with one attached hydrogen (secondary N) is 2. The summed E-state index contributed by atoms with van der Waals surface area (Å²) in [6, 6.07) is 10.9. The first-order chi connectivity index (χ1) is 12.9. The number of azo groups is 1. The minimum atomic E-state index is -3.48. The van der Waals surface area contributed by atoms with Crippen LogP contribution in [0.3, 0.4) is 0 Å². The number of para-hydroxylation sites is 1. The van der Waals surface area contributed by atoms with Crippen molar-refractivity contribution >= 4 is 32.1 Å². The third-order valence-electron chi connectivity index (χ3n) is 2.61. The molecule has 7 nitrogen and oxygen atoms in total. The van der Waals surface area contributed by atoms with Gasteiger partial charge in [-0.15, -0.1) is 0 Å². The van der Waals surface area contributed by atoms with Gasteiger partial charge in [-0.1, -0.05) is 34.5 Å². The molecule has 0 atom stereocenters. The summed E-state index contributed by atoms with van der Waals surface area (Å²) in [5, 5.41) is 11.5. The molecule has 2 N–H and O–H groups in total. The van der Waals surface area contributed by atoms with Crippen LogP contribution in [-0.4, -0.2) is 31.4 Å². The first kappa shape index (κ1) is 21.8. The Balaban J connectivity index is 0.000000527. The van der Waals surface area contributed by atoms with Gasteiger partial charge in [-0.2, -0.15) is 0 Å². The van der Waals surface area contributed by atoms with Crippen molar-refractivity contribution in [3.05, 3.63) is 60.4 Å². The fourth-order valence-electron chi connectivity index (χ4n) is 1.48. The smallest absolute Gasteiger partial charge is 0.331 e. The molecule has 0 unspecified atom stereocenters. The van der Waals surface area contributed by atoms with Gasteiger partial charge in [-0.25, -0.2) is 9.59 Å². The monoisotopic (exact) mass is 381 g/mol. The predicted molar refractivity (Wildman–Crippen MR) is 92.7 cm³/mol. The van der Waals surface area contributed by atoms with Crippen molar-refractivity contribution in [3.63, 3.8) is 0 Å². The Kier molecular flexibility index (Phi) is 9.83. The van der Waals surface area contributed by atoms with Crippen LogP contribution >= 0.6 is 0 Å². The quantitative estimate of drug-likeness (QED) is 0.478.